The minimum atomic E-state index is -2.26. The molecule has 1 N–H and O–H groups in total. The first kappa shape index (κ1) is 35.7. The van der Waals surface area contributed by atoms with Crippen LogP contribution in [0.25, 0.3) is 0 Å². The molecule has 1 aromatic rings. The van der Waals surface area contributed by atoms with Crippen LogP contribution in [0.2, 0.25) is 0 Å². The van der Waals surface area contributed by atoms with Crippen molar-refractivity contribution in [3.63, 3.8) is 0 Å². The largest absolute Gasteiger partial charge is 0.356 e. The molecule has 1 unspecified atom stereocenters. The zero-order chi connectivity index (χ0) is 28.1. The van der Waals surface area contributed by atoms with E-state index >= 15 is 0 Å². The van der Waals surface area contributed by atoms with Crippen LogP contribution in [-0.2, 0) is 4.57 Å². The van der Waals surface area contributed by atoms with Crippen molar-refractivity contribution in [2.75, 3.05) is 40.8 Å². The average Bonchev–Trinajstić information content (AvgIpc) is 3.45. The Hall–Kier alpha value is -0.310. The topological polar surface area (TPSA) is 42.6 Å². The summed E-state index contributed by atoms with van der Waals surface area (Å²) in [4.78, 5) is 3.34. The van der Waals surface area contributed by atoms with E-state index in [1.54, 1.807) is 0 Å². The molecular weight excluding hydrogens is 506 g/mol. The Morgan fingerprint density at radius 3 is 1.26 bits per heavy atom. The molecule has 0 aliphatic carbocycles. The number of unbranched alkanes of at least 4 members (excludes halogenated alkanes) is 15. The third-order valence-corrected chi connectivity index (χ3v) is 17.3. The van der Waals surface area contributed by atoms with Gasteiger partial charge in [-0.15, -0.1) is 0 Å². The van der Waals surface area contributed by atoms with Gasteiger partial charge in [0.05, 0.1) is 0 Å². The van der Waals surface area contributed by atoms with Gasteiger partial charge in [0.15, 0.2) is 7.09 Å². The molecule has 0 aliphatic rings. The summed E-state index contributed by atoms with van der Waals surface area (Å²) in [5, 5.41) is 0. The fourth-order valence-corrected chi connectivity index (χ4v) is 14.4. The van der Waals surface area contributed by atoms with Gasteiger partial charge in [0, 0.05) is 25.8 Å². The van der Waals surface area contributed by atoms with Gasteiger partial charge in [-0.25, -0.2) is 0 Å². The van der Waals surface area contributed by atoms with E-state index in [0.717, 1.165) is 25.1 Å². The van der Waals surface area contributed by atoms with Gasteiger partial charge in [0.25, 0.3) is 0 Å². The van der Waals surface area contributed by atoms with Crippen LogP contribution >= 0.6 is 14.1 Å². The summed E-state index contributed by atoms with van der Waals surface area (Å²) in [6, 6.07) is 4.05. The first-order valence-electron chi connectivity index (χ1n) is 16.1. The molecule has 1 heterocycles. The van der Waals surface area contributed by atoms with E-state index in [9.17, 15) is 4.57 Å². The van der Waals surface area contributed by atoms with E-state index < -0.39 is 14.1 Å². The van der Waals surface area contributed by atoms with E-state index in [0.29, 0.717) is 0 Å². The molecule has 0 spiro atoms. The summed E-state index contributed by atoms with van der Waals surface area (Å²) in [6.45, 7) is 9.89. The van der Waals surface area contributed by atoms with Gasteiger partial charge >= 0.3 is 0 Å². The maximum absolute atomic E-state index is 14.6. The molecule has 0 radical (unpaired) electrons. The molecule has 0 saturated carbocycles. The summed E-state index contributed by atoms with van der Waals surface area (Å²) in [5.41, 5.74) is 0.910. The van der Waals surface area contributed by atoms with Crippen molar-refractivity contribution in [3.05, 3.63) is 18.3 Å². The second-order valence-electron chi connectivity index (χ2n) is 11.3. The average molecular weight is 571 g/mol. The Kier molecular flexibility index (Phi) is 21.0. The van der Waals surface area contributed by atoms with E-state index in [-0.39, 0.29) is 0 Å². The van der Waals surface area contributed by atoms with Crippen molar-refractivity contribution in [1.82, 2.24) is 19.0 Å². The van der Waals surface area contributed by atoms with Gasteiger partial charge in [-0.1, -0.05) is 117 Å². The number of hydrogen-bond donors (Lipinski definition) is 1. The van der Waals surface area contributed by atoms with Crippen LogP contribution in [0.15, 0.2) is 18.3 Å². The van der Waals surface area contributed by atoms with Crippen LogP contribution in [0.1, 0.15) is 136 Å². The predicted molar refractivity (Wildman–Crippen MR) is 173 cm³/mol. The smallest absolute Gasteiger partial charge is 0.183 e. The molecule has 1 atom stereocenters. The van der Waals surface area contributed by atoms with Gasteiger partial charge in [-0.05, 0) is 52.5 Å². The van der Waals surface area contributed by atoms with Crippen LogP contribution in [0.5, 0.6) is 0 Å². The second-order valence-corrected chi connectivity index (χ2v) is 18.2. The molecule has 0 amide bonds. The zero-order valence-electron chi connectivity index (χ0n) is 26.2. The number of aromatic nitrogens is 1. The van der Waals surface area contributed by atoms with E-state index in [1.165, 1.54) is 116 Å². The van der Waals surface area contributed by atoms with Gasteiger partial charge in [0.2, 0.25) is 0 Å². The first-order valence-corrected chi connectivity index (χ1v) is 19.7. The van der Waals surface area contributed by atoms with Gasteiger partial charge in [0.1, 0.15) is 12.4 Å². The zero-order valence-corrected chi connectivity index (χ0v) is 28.0. The number of H-pyrrole nitrogens is 1. The highest BCUT2D eigenvalue weighted by molar-refractivity contribution is 8.06. The summed E-state index contributed by atoms with van der Waals surface area (Å²) >= 11 is 0. The number of nitrogens with one attached hydrogen (secondary N) is 1. The Labute approximate surface area is 238 Å². The van der Waals surface area contributed by atoms with Crippen LogP contribution < -0.4 is 5.44 Å². The van der Waals surface area contributed by atoms with Crippen LogP contribution in [-0.4, -0.2) is 59.8 Å². The van der Waals surface area contributed by atoms with Crippen molar-refractivity contribution in [1.29, 1.82) is 0 Å². The summed E-state index contributed by atoms with van der Waals surface area (Å²) in [5.74, 6) is 0. The van der Waals surface area contributed by atoms with Crippen molar-refractivity contribution >= 4 is 19.5 Å². The third-order valence-electron chi connectivity index (χ3n) is 7.91. The quantitative estimate of drug-likeness (QED) is 0.0938. The lowest BCUT2D eigenvalue weighted by Gasteiger charge is -2.46. The molecule has 224 valence electrons. The number of rotatable bonds is 25. The lowest BCUT2D eigenvalue weighted by Crippen LogP contribution is -2.37. The molecule has 1 aromatic heterocycles. The summed E-state index contributed by atoms with van der Waals surface area (Å²) < 4.78 is 22.2. The number of hydrogen-bond acceptors (Lipinski definition) is 1. The van der Waals surface area contributed by atoms with E-state index in [2.05, 4.69) is 60.9 Å². The van der Waals surface area contributed by atoms with Crippen molar-refractivity contribution < 1.29 is 4.57 Å². The third kappa shape index (κ3) is 12.5. The number of aromatic amines is 1. The maximum Gasteiger partial charge on any atom is 0.183 e. The summed E-state index contributed by atoms with van der Waals surface area (Å²) in [7, 11) is 2.94. The van der Waals surface area contributed by atoms with Crippen LogP contribution in [0.3, 0.4) is 0 Å². The molecule has 0 aliphatic heterocycles. The molecule has 1 rings (SSSR count). The van der Waals surface area contributed by atoms with Crippen LogP contribution in [0, 0.1) is 0 Å². The molecule has 0 fully saturated rings. The molecule has 0 bridgehead atoms. The van der Waals surface area contributed by atoms with Crippen molar-refractivity contribution in [2.24, 2.45) is 0 Å². The fourth-order valence-electron chi connectivity index (χ4n) is 5.55. The monoisotopic (exact) mass is 570 g/mol. The Morgan fingerprint density at radius 2 is 0.947 bits per heavy atom. The Morgan fingerprint density at radius 1 is 0.605 bits per heavy atom. The highest BCUT2D eigenvalue weighted by Crippen LogP contribution is 2.65. The molecule has 38 heavy (non-hydrogen) atoms. The molecule has 7 heteroatoms. The Bertz CT molecular complexity index is 715. The van der Waals surface area contributed by atoms with Gasteiger partial charge in [-0.2, -0.15) is 0 Å². The van der Waals surface area contributed by atoms with Gasteiger partial charge in [-0.3, -0.25) is 18.6 Å². The highest BCUT2D eigenvalue weighted by atomic mass is 31.8. The highest BCUT2D eigenvalue weighted by Gasteiger charge is 2.36. The molecule has 0 saturated heterocycles. The lowest BCUT2D eigenvalue weighted by atomic mass is 10.1. The minimum absolute atomic E-state index is 0.910. The normalized spacial score (nSPS) is 12.8. The number of nitrogens with zero attached hydrogens (tertiary/aromatic N) is 3. The summed E-state index contributed by atoms with van der Waals surface area (Å²) in [6.07, 6.45) is 25.2. The predicted octanol–water partition coefficient (Wildman–Crippen LogP) is 10.0. The van der Waals surface area contributed by atoms with E-state index in [1.807, 2.05) is 18.3 Å². The SMILES string of the molecule is CCCCCCCCN(C)P(N(C)CCCCCCCC)(N(C)CCCCCCCC)=P(=O)c1ccc[nH]1. The van der Waals surface area contributed by atoms with Gasteiger partial charge < -0.3 is 4.98 Å². The molecule has 5 nitrogen and oxygen atoms in total. The maximum atomic E-state index is 14.6. The minimum Gasteiger partial charge on any atom is -0.356 e. The van der Waals surface area contributed by atoms with E-state index in [4.69, 9.17) is 0 Å². The Balaban J connectivity index is 3.16. The van der Waals surface area contributed by atoms with Crippen molar-refractivity contribution in [3.8, 4) is 0 Å². The fraction of sp³-hybridized carbons (Fsp3) is 0.871. The van der Waals surface area contributed by atoms with Crippen molar-refractivity contribution in [2.45, 2.75) is 136 Å². The lowest BCUT2D eigenvalue weighted by molar-refractivity contribution is 0.367. The molecular formula is C31H64N4OP2. The van der Waals surface area contributed by atoms with Crippen LogP contribution in [0.4, 0.5) is 0 Å². The standard InChI is InChI=1S/C31H64N4OP2/c1-7-10-13-16-19-22-28-33(4)38(37(36)31-26-25-27-32-31,34(5)29-23-20-17-14-11-8-2)35(6)30-24-21-18-15-12-9-3/h25-27,32H,7-24,28-30H2,1-6H3. The first-order chi connectivity index (χ1) is 18.5. The molecule has 0 aromatic carbocycles. The second kappa shape index (κ2) is 22.4.